The van der Waals surface area contributed by atoms with Gasteiger partial charge in [-0.1, -0.05) is 0 Å². The minimum absolute atomic E-state index is 0.0649. The molecule has 0 saturated carbocycles. The summed E-state index contributed by atoms with van der Waals surface area (Å²) in [6.45, 7) is 0. The Labute approximate surface area is 192 Å². The highest BCUT2D eigenvalue weighted by Gasteiger charge is 2.19. The lowest BCUT2D eigenvalue weighted by atomic mass is 10.1. The quantitative estimate of drug-likeness (QED) is 0.410. The highest BCUT2D eigenvalue weighted by Crippen LogP contribution is 2.12. The summed E-state index contributed by atoms with van der Waals surface area (Å²) in [4.78, 5) is 70.5. The third-order valence-electron chi connectivity index (χ3n) is 4.37. The first-order valence-electron chi connectivity index (χ1n) is 9.87. The zero-order chi connectivity index (χ0) is 25.7. The molecule has 0 aliphatic carbocycles. The largest absolute Gasteiger partial charge is 0.478 e. The van der Waals surface area contributed by atoms with Crippen molar-refractivity contribution in [3.63, 3.8) is 0 Å². The Kier molecular flexibility index (Phi) is 6.50. The number of carboxylic acids is 2. The number of ether oxygens (including phenoxy) is 2. The molecule has 34 heavy (non-hydrogen) atoms. The molecular formula is C24H14O10. The zero-order valence-corrected chi connectivity index (χ0v) is 17.0. The topological polar surface area (TPSA) is 161 Å². The fourth-order valence-corrected chi connectivity index (χ4v) is 2.58. The molecule has 3 aromatic rings. The molecule has 0 fully saturated rings. The van der Waals surface area contributed by atoms with Crippen LogP contribution in [0.25, 0.3) is 0 Å². The molecule has 0 aromatic heterocycles. The smallest absolute Gasteiger partial charge is 0.346 e. The third-order valence-corrected chi connectivity index (χ3v) is 4.37. The summed E-state index contributed by atoms with van der Waals surface area (Å²) in [5.41, 5.74) is -0.899. The molecule has 10 nitrogen and oxygen atoms in total. The van der Waals surface area contributed by atoms with Crippen molar-refractivity contribution < 1.29 is 49.8 Å². The average molecular weight is 463 g/mol. The van der Waals surface area contributed by atoms with E-state index < -0.39 is 41.9 Å². The second kappa shape index (κ2) is 10.0. The number of rotatable bonds is 6. The van der Waals surface area contributed by atoms with Gasteiger partial charge >= 0.3 is 35.8 Å². The van der Waals surface area contributed by atoms with E-state index in [0.29, 0.717) is 0 Å². The highest BCUT2D eigenvalue weighted by atomic mass is 16.6. The van der Waals surface area contributed by atoms with E-state index in [0.717, 1.165) is 54.6 Å². The number of hydrogen-bond donors (Lipinski definition) is 2. The van der Waals surface area contributed by atoms with Crippen molar-refractivity contribution in [1.29, 1.82) is 0 Å². The molecule has 3 rings (SSSR count). The summed E-state index contributed by atoms with van der Waals surface area (Å²) in [7, 11) is 0. The number of carbonyl (C=O) groups is 6. The molecule has 2 N–H and O–H groups in total. The maximum Gasteiger partial charge on any atom is 0.346 e. The van der Waals surface area contributed by atoms with Gasteiger partial charge in [0.15, 0.2) is 0 Å². The van der Waals surface area contributed by atoms with Crippen LogP contribution in [0.1, 0.15) is 63.5 Å². The molecule has 0 radical (unpaired) electrons. The van der Waals surface area contributed by atoms with Gasteiger partial charge in [-0.3, -0.25) is 0 Å². The highest BCUT2D eigenvalue weighted by molar-refractivity contribution is 6.05. The lowest BCUT2D eigenvalue weighted by Crippen LogP contribution is -2.15. The molecular weight excluding hydrogens is 448 g/mol. The second-order valence-electron chi connectivity index (χ2n) is 6.61. The summed E-state index contributed by atoms with van der Waals surface area (Å²) >= 11 is 0. The van der Waals surface area contributed by atoms with E-state index in [9.17, 15) is 28.8 Å². The van der Waals surface area contributed by atoms with Crippen molar-refractivity contribution in [2.24, 2.45) is 0 Å². The molecule has 0 aliphatic rings. The minimum atomic E-state index is -1.20. The molecule has 0 saturated heterocycles. The van der Waals surface area contributed by atoms with Crippen LogP contribution in [-0.4, -0.2) is 46.0 Å². The molecule has 0 amide bonds. The van der Waals surface area contributed by atoms with Crippen LogP contribution in [0.15, 0.2) is 72.8 Å². The van der Waals surface area contributed by atoms with E-state index in [-0.39, 0.29) is 33.4 Å². The summed E-state index contributed by atoms with van der Waals surface area (Å²) in [6.07, 6.45) is 0. The predicted octanol–water partition coefficient (Wildman–Crippen LogP) is 3.08. The van der Waals surface area contributed by atoms with Crippen LogP contribution in [0.4, 0.5) is 0 Å². The molecule has 10 heteroatoms. The summed E-state index contributed by atoms with van der Waals surface area (Å²) < 4.78 is 17.3. The number of carbonyl (C=O) groups excluding carboxylic acids is 4. The lowest BCUT2D eigenvalue weighted by molar-refractivity contribution is 0.0376. The van der Waals surface area contributed by atoms with Crippen LogP contribution < -0.4 is 0 Å². The van der Waals surface area contributed by atoms with Crippen LogP contribution in [0.5, 0.6) is 0 Å². The first kappa shape index (κ1) is 22.1. The van der Waals surface area contributed by atoms with Gasteiger partial charge in [0.05, 0.1) is 34.8 Å². The molecule has 0 spiro atoms. The molecule has 0 atom stereocenters. The van der Waals surface area contributed by atoms with Gasteiger partial charge in [0.2, 0.25) is 0 Å². The van der Waals surface area contributed by atoms with Crippen molar-refractivity contribution in [3.8, 4) is 0 Å². The van der Waals surface area contributed by atoms with Crippen molar-refractivity contribution in [2.75, 3.05) is 0 Å². The normalized spacial score (nSPS) is 10.5. The van der Waals surface area contributed by atoms with Gasteiger partial charge in [-0.05, 0) is 72.8 Å². The van der Waals surface area contributed by atoms with E-state index in [1.165, 1.54) is 12.1 Å². The molecule has 170 valence electrons. The molecule has 3 aromatic carbocycles. The van der Waals surface area contributed by atoms with E-state index in [1.807, 2.05) is 0 Å². The van der Waals surface area contributed by atoms with Crippen LogP contribution in [-0.2, 0) is 9.47 Å². The zero-order valence-electron chi connectivity index (χ0n) is 18.0. The summed E-state index contributed by atoms with van der Waals surface area (Å²) in [6, 6.07) is 11.9. The van der Waals surface area contributed by atoms with Crippen molar-refractivity contribution in [3.05, 3.63) is 106 Å². The number of aromatic carboxylic acids is 2. The van der Waals surface area contributed by atoms with Crippen molar-refractivity contribution in [1.82, 2.24) is 0 Å². The summed E-state index contributed by atoms with van der Waals surface area (Å²) in [5.74, 6) is -6.83. The Morgan fingerprint density at radius 1 is 0.471 bits per heavy atom. The van der Waals surface area contributed by atoms with Crippen molar-refractivity contribution >= 4 is 35.8 Å². The van der Waals surface area contributed by atoms with Crippen LogP contribution >= 0.6 is 0 Å². The van der Waals surface area contributed by atoms with E-state index >= 15 is 0 Å². The fraction of sp³-hybridized carbons (Fsp3) is 0. The first-order chi connectivity index (χ1) is 16.6. The van der Waals surface area contributed by atoms with Crippen LogP contribution in [0, 0.1) is 0 Å². The number of esters is 4. The Hall–Kier alpha value is -5.12. The average Bonchev–Trinajstić information content (AvgIpc) is 2.83. The van der Waals surface area contributed by atoms with Gasteiger partial charge in [-0.15, -0.1) is 0 Å². The van der Waals surface area contributed by atoms with Crippen molar-refractivity contribution in [2.45, 2.75) is 0 Å². The monoisotopic (exact) mass is 463 g/mol. The SMILES string of the molecule is [2H]c1cc(C(=O)OC(=O)c2ccc(C(=O)O)cc2)ccc1C(=O)OC(=O)c1ccc(C(=O)O)cc1. The number of carboxylic acid groups (broad SMARTS) is 2. The lowest BCUT2D eigenvalue weighted by Gasteiger charge is -2.06. The van der Waals surface area contributed by atoms with Gasteiger partial charge in [-0.25, -0.2) is 28.8 Å². The Morgan fingerprint density at radius 3 is 1.06 bits per heavy atom. The van der Waals surface area contributed by atoms with Crippen LogP contribution in [0.3, 0.4) is 0 Å². The fourth-order valence-electron chi connectivity index (χ4n) is 2.58. The predicted molar refractivity (Wildman–Crippen MR) is 113 cm³/mol. The minimum Gasteiger partial charge on any atom is -0.478 e. The number of hydrogen-bond acceptors (Lipinski definition) is 8. The van der Waals surface area contributed by atoms with Gasteiger partial charge in [0, 0.05) is 0 Å². The second-order valence-corrected chi connectivity index (χ2v) is 6.61. The molecule has 0 unspecified atom stereocenters. The Balaban J connectivity index is 1.66. The van der Waals surface area contributed by atoms with Crippen LogP contribution in [0.2, 0.25) is 0 Å². The van der Waals surface area contributed by atoms with E-state index in [4.69, 9.17) is 21.1 Å². The molecule has 0 heterocycles. The maximum absolute atomic E-state index is 12.3. The third kappa shape index (κ3) is 5.56. The first-order valence-corrected chi connectivity index (χ1v) is 9.37. The van der Waals surface area contributed by atoms with E-state index in [1.54, 1.807) is 0 Å². The van der Waals surface area contributed by atoms with Gasteiger partial charge in [-0.2, -0.15) is 0 Å². The summed E-state index contributed by atoms with van der Waals surface area (Å²) in [5, 5.41) is 17.7. The van der Waals surface area contributed by atoms with E-state index in [2.05, 4.69) is 0 Å². The standard InChI is InChI=1S/C24H14O10/c25-19(26)13-1-5-15(6-2-13)21(29)33-23(31)17-9-11-18(12-10-17)24(32)34-22(30)16-7-3-14(4-8-16)20(27)28/h1-12H,(H,25,26)(H,27,28)/i9D. The molecule has 0 bridgehead atoms. The van der Waals surface area contributed by atoms with Gasteiger partial charge < -0.3 is 19.7 Å². The number of benzene rings is 3. The maximum atomic E-state index is 12.3. The van der Waals surface area contributed by atoms with Gasteiger partial charge in [0.25, 0.3) is 0 Å². The Bertz CT molecular complexity index is 1360. The molecule has 0 aliphatic heterocycles. The van der Waals surface area contributed by atoms with Gasteiger partial charge in [0.1, 0.15) is 0 Å². The Morgan fingerprint density at radius 2 is 0.735 bits per heavy atom.